The second-order valence-corrected chi connectivity index (χ2v) is 25.5. The Kier molecular flexibility index (Phi) is 15.2. The van der Waals surface area contributed by atoms with Crippen LogP contribution in [0.4, 0.5) is 5.69 Å². The van der Waals surface area contributed by atoms with E-state index in [9.17, 15) is 18.0 Å². The molecule has 1 unspecified atom stereocenters. The average molecular weight is 1000 g/mol. The van der Waals surface area contributed by atoms with Crippen molar-refractivity contribution in [3.8, 4) is 0 Å². The van der Waals surface area contributed by atoms with Crippen molar-refractivity contribution in [3.63, 3.8) is 0 Å². The molecule has 9 rings (SSSR count). The van der Waals surface area contributed by atoms with Crippen LogP contribution in [0.5, 0.6) is 0 Å². The van der Waals surface area contributed by atoms with E-state index in [2.05, 4.69) is 43.2 Å². The number of anilines is 1. The molecule has 1 aromatic heterocycles. The fraction of sp³-hybridized carbons (Fsp3) is 0.600. The van der Waals surface area contributed by atoms with Gasteiger partial charge in [0.2, 0.25) is 17.7 Å². The van der Waals surface area contributed by atoms with E-state index in [1.54, 1.807) is 20.0 Å². The largest absolute Gasteiger partial charge is 0.375 e. The number of hydrogen-bond acceptors (Lipinski definition) is 9. The highest BCUT2D eigenvalue weighted by Crippen LogP contribution is 2.58. The van der Waals surface area contributed by atoms with Gasteiger partial charge in [-0.25, -0.2) is 8.42 Å². The van der Waals surface area contributed by atoms with Gasteiger partial charge in [0.15, 0.2) is 9.84 Å². The first-order chi connectivity index (χ1) is 33.1. The third-order valence-corrected chi connectivity index (χ3v) is 19.6. The summed E-state index contributed by atoms with van der Waals surface area (Å²) in [7, 11) is -3.49. The maximum absolute atomic E-state index is 15.4. The number of imide groups is 1. The van der Waals surface area contributed by atoms with Crippen LogP contribution < -0.4 is 10.2 Å². The van der Waals surface area contributed by atoms with Crippen molar-refractivity contribution in [3.05, 3.63) is 105 Å². The smallest absolute Gasteiger partial charge is 0.234 e. The number of amides is 3. The normalized spacial score (nSPS) is 26.4. The lowest BCUT2D eigenvalue weighted by atomic mass is 9.60. The van der Waals surface area contributed by atoms with Gasteiger partial charge in [-0.1, -0.05) is 61.3 Å². The third-order valence-electron chi connectivity index (χ3n) is 16.9. The number of halogens is 2. The lowest BCUT2D eigenvalue weighted by Gasteiger charge is -2.56. The number of allylic oxidation sites excluding steroid dienone is 1. The lowest BCUT2D eigenvalue weighted by Crippen LogP contribution is -2.61. The highest BCUT2D eigenvalue weighted by atomic mass is 35.5. The van der Waals surface area contributed by atoms with Crippen LogP contribution in [0.2, 0.25) is 10.0 Å². The Hall–Kier alpha value is -3.97. The first-order valence-electron chi connectivity index (χ1n) is 25.8. The Morgan fingerprint density at radius 1 is 0.754 bits per heavy atom. The molecule has 69 heavy (non-hydrogen) atoms. The van der Waals surface area contributed by atoms with Gasteiger partial charge in [-0.3, -0.25) is 24.7 Å². The SMILES string of the molecule is CC(C)[C@H](CS(=O)(=O)C(C)C)N1C(=O)[C@@]2(C=C(N3CCC(CC4CCN(CC5CCN(c6cncc(C7CCC(=O)NC7=O)c6)CC5)CC4)CC3)C2)C[C@@H](c2cccc(Cl)c2)[C@@H]1c1ccc(Cl)cc1. The Labute approximate surface area is 420 Å². The summed E-state index contributed by atoms with van der Waals surface area (Å²) in [6.07, 6.45) is 16.6. The summed E-state index contributed by atoms with van der Waals surface area (Å²) >= 11 is 13.1. The van der Waals surface area contributed by atoms with Crippen molar-refractivity contribution >= 4 is 56.4 Å². The van der Waals surface area contributed by atoms with E-state index in [-0.39, 0.29) is 41.2 Å². The molecule has 3 amide bonds. The quantitative estimate of drug-likeness (QED) is 0.157. The molecule has 0 saturated carbocycles. The molecule has 1 N–H and O–H groups in total. The molecule has 5 aliphatic heterocycles. The summed E-state index contributed by atoms with van der Waals surface area (Å²) in [6, 6.07) is 16.9. The number of sulfone groups is 1. The molecule has 1 aliphatic carbocycles. The Morgan fingerprint density at radius 2 is 1.41 bits per heavy atom. The third kappa shape index (κ3) is 11.1. The summed E-state index contributed by atoms with van der Waals surface area (Å²) in [5, 5.41) is 3.18. The van der Waals surface area contributed by atoms with Crippen molar-refractivity contribution < 1.29 is 22.8 Å². The van der Waals surface area contributed by atoms with Gasteiger partial charge in [0.25, 0.3) is 0 Å². The van der Waals surface area contributed by atoms with Crippen molar-refractivity contribution in [1.82, 2.24) is 25.0 Å². The number of carbonyl (C=O) groups excluding carboxylic acids is 3. The van der Waals surface area contributed by atoms with Crippen molar-refractivity contribution in [2.75, 3.05) is 56.5 Å². The number of hydrogen-bond donors (Lipinski definition) is 1. The molecule has 3 aromatic rings. The van der Waals surface area contributed by atoms with Crippen molar-refractivity contribution in [1.29, 1.82) is 0 Å². The predicted molar refractivity (Wildman–Crippen MR) is 275 cm³/mol. The number of aromatic nitrogens is 1. The monoisotopic (exact) mass is 998 g/mol. The van der Waals surface area contributed by atoms with Crippen LogP contribution in [0.1, 0.15) is 133 Å². The zero-order chi connectivity index (χ0) is 48.6. The van der Waals surface area contributed by atoms with Crippen molar-refractivity contribution in [2.24, 2.45) is 29.1 Å². The lowest BCUT2D eigenvalue weighted by molar-refractivity contribution is -0.155. The van der Waals surface area contributed by atoms with Crippen LogP contribution >= 0.6 is 23.2 Å². The van der Waals surface area contributed by atoms with Gasteiger partial charge in [0, 0.05) is 79.5 Å². The average Bonchev–Trinajstić information content (AvgIpc) is 3.31. The number of nitrogens with zero attached hydrogens (tertiary/aromatic N) is 5. The minimum atomic E-state index is -3.49. The maximum Gasteiger partial charge on any atom is 0.234 e. The molecule has 2 aromatic carbocycles. The Balaban J connectivity index is 0.797. The number of benzene rings is 2. The molecule has 372 valence electrons. The standard InChI is InChI=1S/C55H72Cl2N6O5S/c1-36(2)50(35-69(67,68)37(3)4)63-52(41-8-10-44(56)11-9-41)49(42-6-5-7-45(57)27-42)31-55(54(63)66)29-47(30-55)62-22-16-39(17-23-62)26-38-14-20-60(21-15-38)34-40-18-24-61(25-19-40)46-28-43(32-58-33-46)48-12-13-51(64)59-53(48)65/h5-11,27-29,32-33,36-40,48-50,52H,12-26,30-31,34-35H2,1-4H3,(H,59,64,65)/t48?,49-,50-,52-,55+/m0/s1. The molecular weight excluding hydrogens is 928 g/mol. The van der Waals surface area contributed by atoms with Crippen LogP contribution in [0.25, 0.3) is 0 Å². The summed E-state index contributed by atoms with van der Waals surface area (Å²) in [4.78, 5) is 53.7. The van der Waals surface area contributed by atoms with E-state index < -0.39 is 32.6 Å². The van der Waals surface area contributed by atoms with E-state index >= 15 is 4.79 Å². The first-order valence-corrected chi connectivity index (χ1v) is 28.3. The van der Waals surface area contributed by atoms with E-state index in [0.717, 1.165) is 67.3 Å². The minimum absolute atomic E-state index is 0.0284. The number of carbonyl (C=O) groups is 3. The molecule has 14 heteroatoms. The number of nitrogens with one attached hydrogen (secondary N) is 1. The first kappa shape index (κ1) is 50.0. The van der Waals surface area contributed by atoms with Gasteiger partial charge in [-0.15, -0.1) is 0 Å². The second kappa shape index (κ2) is 21.0. The second-order valence-electron chi connectivity index (χ2n) is 22.1. The van der Waals surface area contributed by atoms with Crippen LogP contribution in [-0.4, -0.2) is 109 Å². The summed E-state index contributed by atoms with van der Waals surface area (Å²) in [6.45, 7) is 15.1. The Morgan fingerprint density at radius 3 is 2.04 bits per heavy atom. The highest BCUT2D eigenvalue weighted by Gasteiger charge is 2.57. The predicted octanol–water partition coefficient (Wildman–Crippen LogP) is 9.82. The van der Waals surface area contributed by atoms with E-state index in [4.69, 9.17) is 23.2 Å². The minimum Gasteiger partial charge on any atom is -0.375 e. The molecule has 6 aliphatic rings. The van der Waals surface area contributed by atoms with E-state index in [1.807, 2.05) is 67.4 Å². The number of pyridine rings is 1. The number of rotatable bonds is 14. The maximum atomic E-state index is 15.4. The summed E-state index contributed by atoms with van der Waals surface area (Å²) in [5.41, 5.74) is 4.48. The number of piperidine rings is 5. The van der Waals surface area contributed by atoms with Crippen LogP contribution in [0, 0.1) is 29.1 Å². The number of likely N-dealkylation sites (tertiary alicyclic amines) is 3. The van der Waals surface area contributed by atoms with Gasteiger partial charge < -0.3 is 19.6 Å². The van der Waals surface area contributed by atoms with E-state index in [0.29, 0.717) is 47.6 Å². The van der Waals surface area contributed by atoms with Gasteiger partial charge in [0.05, 0.1) is 40.3 Å². The van der Waals surface area contributed by atoms with Gasteiger partial charge >= 0.3 is 0 Å². The molecule has 11 nitrogen and oxygen atoms in total. The van der Waals surface area contributed by atoms with Crippen LogP contribution in [0.3, 0.4) is 0 Å². The van der Waals surface area contributed by atoms with E-state index in [1.165, 1.54) is 57.4 Å². The molecule has 0 radical (unpaired) electrons. The van der Waals surface area contributed by atoms with Crippen LogP contribution in [-0.2, 0) is 24.2 Å². The van der Waals surface area contributed by atoms with Crippen molar-refractivity contribution in [2.45, 2.75) is 127 Å². The summed E-state index contributed by atoms with van der Waals surface area (Å²) in [5.74, 6) is 1.17. The van der Waals surface area contributed by atoms with Gasteiger partial charge in [-0.05, 0) is 161 Å². The van der Waals surface area contributed by atoms with Gasteiger partial charge in [-0.2, -0.15) is 0 Å². The zero-order valence-electron chi connectivity index (χ0n) is 41.0. The van der Waals surface area contributed by atoms with Crippen LogP contribution in [0.15, 0.2) is 78.8 Å². The fourth-order valence-corrected chi connectivity index (χ4v) is 14.3. The molecule has 6 heterocycles. The fourth-order valence-electron chi connectivity index (χ4n) is 12.6. The Bertz CT molecular complexity index is 2480. The molecule has 5 fully saturated rings. The van der Waals surface area contributed by atoms with Gasteiger partial charge in [0.1, 0.15) is 0 Å². The molecule has 0 bridgehead atoms. The highest BCUT2D eigenvalue weighted by molar-refractivity contribution is 7.92. The molecular formula is C55H72Cl2N6O5S. The zero-order valence-corrected chi connectivity index (χ0v) is 43.3. The topological polar surface area (TPSA) is 123 Å². The summed E-state index contributed by atoms with van der Waals surface area (Å²) < 4.78 is 27.4. The molecule has 1 spiro atoms. The molecule has 5 atom stereocenters. The molecule has 5 saturated heterocycles.